The number of hydrogen-bond donors (Lipinski definition) is 2. The van der Waals surface area contributed by atoms with Crippen molar-refractivity contribution in [3.05, 3.63) is 48.0 Å². The highest BCUT2D eigenvalue weighted by atomic mass is 32.2. The number of hydrogen-bond acceptors (Lipinski definition) is 5. The van der Waals surface area contributed by atoms with Crippen molar-refractivity contribution in [3.8, 4) is 5.75 Å². The zero-order valence-electron chi connectivity index (χ0n) is 17.1. The van der Waals surface area contributed by atoms with E-state index in [4.69, 9.17) is 4.74 Å². The first-order chi connectivity index (χ1) is 14.2. The normalized spacial score (nSPS) is 16.4. The molecule has 9 heteroatoms. The third-order valence-electron chi connectivity index (χ3n) is 4.93. The van der Waals surface area contributed by atoms with E-state index in [1.54, 1.807) is 49.3 Å². The maximum atomic E-state index is 12.7. The minimum Gasteiger partial charge on any atom is -0.495 e. The van der Waals surface area contributed by atoms with Crippen LogP contribution in [0.2, 0.25) is 0 Å². The van der Waals surface area contributed by atoms with Gasteiger partial charge < -0.3 is 15.0 Å². The molecule has 2 aromatic carbocycles. The molecule has 3 rings (SSSR count). The van der Waals surface area contributed by atoms with Crippen molar-refractivity contribution in [1.82, 2.24) is 0 Å². The van der Waals surface area contributed by atoms with Gasteiger partial charge in [-0.2, -0.15) is 0 Å². The number of benzene rings is 2. The Balaban J connectivity index is 1.67. The number of rotatable bonds is 7. The van der Waals surface area contributed by atoms with Gasteiger partial charge in [0, 0.05) is 24.3 Å². The van der Waals surface area contributed by atoms with E-state index in [1.165, 1.54) is 0 Å². The molecule has 1 atom stereocenters. The van der Waals surface area contributed by atoms with Crippen molar-refractivity contribution in [2.75, 3.05) is 34.3 Å². The lowest BCUT2D eigenvalue weighted by Crippen LogP contribution is -2.28. The van der Waals surface area contributed by atoms with Crippen molar-refractivity contribution < 1.29 is 22.7 Å². The molecule has 1 aliphatic rings. The van der Waals surface area contributed by atoms with Crippen LogP contribution >= 0.6 is 0 Å². The first-order valence-corrected chi connectivity index (χ1v) is 11.2. The van der Waals surface area contributed by atoms with Gasteiger partial charge in [-0.15, -0.1) is 0 Å². The van der Waals surface area contributed by atoms with Crippen molar-refractivity contribution in [2.24, 2.45) is 5.92 Å². The molecule has 2 amide bonds. The summed E-state index contributed by atoms with van der Waals surface area (Å²) in [4.78, 5) is 26.8. The van der Waals surface area contributed by atoms with E-state index in [1.807, 2.05) is 19.1 Å². The van der Waals surface area contributed by atoms with Crippen molar-refractivity contribution in [2.45, 2.75) is 20.3 Å². The van der Waals surface area contributed by atoms with Gasteiger partial charge in [0.15, 0.2) is 0 Å². The van der Waals surface area contributed by atoms with Gasteiger partial charge in [-0.3, -0.25) is 14.3 Å². The van der Waals surface area contributed by atoms with Crippen molar-refractivity contribution in [3.63, 3.8) is 0 Å². The Bertz CT molecular complexity index is 1050. The molecule has 1 saturated heterocycles. The van der Waals surface area contributed by atoms with Crippen LogP contribution in [0.5, 0.6) is 5.75 Å². The molecule has 1 aliphatic heterocycles. The lowest BCUT2D eigenvalue weighted by molar-refractivity contribution is -0.122. The highest BCUT2D eigenvalue weighted by Gasteiger charge is 2.36. The minimum atomic E-state index is -3.36. The summed E-state index contributed by atoms with van der Waals surface area (Å²) in [5, 5.41) is 2.79. The van der Waals surface area contributed by atoms with Gasteiger partial charge in [-0.05, 0) is 55.8 Å². The molecular weight excluding hydrogens is 406 g/mol. The SMILES string of the molecule is CCS(=O)(=O)Nc1ccc(NC(=O)C2CC(=O)N(c3cc(C)ccc3OC)C2)cc1. The summed E-state index contributed by atoms with van der Waals surface area (Å²) in [5.74, 6) is -0.340. The monoisotopic (exact) mass is 431 g/mol. The highest BCUT2D eigenvalue weighted by molar-refractivity contribution is 7.92. The van der Waals surface area contributed by atoms with Crippen LogP contribution in [0.4, 0.5) is 17.1 Å². The van der Waals surface area contributed by atoms with Crippen LogP contribution < -0.4 is 19.7 Å². The summed E-state index contributed by atoms with van der Waals surface area (Å²) < 4.78 is 31.1. The van der Waals surface area contributed by atoms with Gasteiger partial charge in [-0.25, -0.2) is 8.42 Å². The van der Waals surface area contributed by atoms with Gasteiger partial charge in [0.2, 0.25) is 21.8 Å². The topological polar surface area (TPSA) is 105 Å². The maximum Gasteiger partial charge on any atom is 0.232 e. The van der Waals surface area contributed by atoms with Gasteiger partial charge >= 0.3 is 0 Å². The number of sulfonamides is 1. The van der Waals surface area contributed by atoms with Crippen LogP contribution in [0, 0.1) is 12.8 Å². The number of carbonyl (C=O) groups excluding carboxylic acids is 2. The van der Waals surface area contributed by atoms with Gasteiger partial charge in [0.1, 0.15) is 5.75 Å². The summed E-state index contributed by atoms with van der Waals surface area (Å²) in [6, 6.07) is 12.0. The number of anilines is 3. The van der Waals surface area contributed by atoms with E-state index >= 15 is 0 Å². The number of amides is 2. The van der Waals surface area contributed by atoms with Crippen LogP contribution in [0.3, 0.4) is 0 Å². The second-order valence-corrected chi connectivity index (χ2v) is 9.16. The molecule has 0 radical (unpaired) electrons. The standard InChI is InChI=1S/C21H25N3O5S/c1-4-30(27,28)23-17-8-6-16(7-9-17)22-21(26)15-12-20(25)24(13-15)18-11-14(2)5-10-19(18)29-3/h5-11,15,23H,4,12-13H2,1-3H3,(H,22,26). The Kier molecular flexibility index (Phi) is 6.31. The van der Waals surface area contributed by atoms with E-state index in [-0.39, 0.29) is 30.5 Å². The highest BCUT2D eigenvalue weighted by Crippen LogP contribution is 2.34. The van der Waals surface area contributed by atoms with Crippen LogP contribution in [-0.4, -0.2) is 39.6 Å². The predicted octanol–water partition coefficient (Wildman–Crippen LogP) is 2.76. The minimum absolute atomic E-state index is 0.0244. The van der Waals surface area contributed by atoms with Gasteiger partial charge in [0.05, 0.1) is 24.5 Å². The predicted molar refractivity (Wildman–Crippen MR) is 116 cm³/mol. The third-order valence-corrected chi connectivity index (χ3v) is 6.23. The van der Waals surface area contributed by atoms with E-state index in [0.717, 1.165) is 5.56 Å². The number of ether oxygens (including phenoxy) is 1. The molecule has 0 saturated carbocycles. The zero-order chi connectivity index (χ0) is 21.9. The zero-order valence-corrected chi connectivity index (χ0v) is 18.0. The van der Waals surface area contributed by atoms with Crippen LogP contribution in [0.1, 0.15) is 18.9 Å². The number of nitrogens with one attached hydrogen (secondary N) is 2. The molecule has 1 unspecified atom stereocenters. The number of methoxy groups -OCH3 is 1. The molecule has 1 heterocycles. The van der Waals surface area contributed by atoms with Crippen LogP contribution in [0.25, 0.3) is 0 Å². The molecule has 2 aromatic rings. The van der Waals surface area contributed by atoms with Gasteiger partial charge in [0.25, 0.3) is 0 Å². The lowest BCUT2D eigenvalue weighted by atomic mass is 10.1. The fourth-order valence-electron chi connectivity index (χ4n) is 3.24. The number of aryl methyl sites for hydroxylation is 1. The molecule has 1 fully saturated rings. The third kappa shape index (κ3) is 4.91. The Hall–Kier alpha value is -3.07. The fraction of sp³-hybridized carbons (Fsp3) is 0.333. The Morgan fingerprint density at radius 1 is 1.17 bits per heavy atom. The van der Waals surface area contributed by atoms with E-state index < -0.39 is 15.9 Å². The molecule has 0 bridgehead atoms. The smallest absolute Gasteiger partial charge is 0.232 e. The fourth-order valence-corrected chi connectivity index (χ4v) is 3.88. The molecule has 0 aliphatic carbocycles. The summed E-state index contributed by atoms with van der Waals surface area (Å²) in [5.41, 5.74) is 2.60. The first-order valence-electron chi connectivity index (χ1n) is 9.59. The van der Waals surface area contributed by atoms with E-state index in [2.05, 4.69) is 10.0 Å². The van der Waals surface area contributed by atoms with Crippen molar-refractivity contribution in [1.29, 1.82) is 0 Å². The molecule has 30 heavy (non-hydrogen) atoms. The Morgan fingerprint density at radius 2 is 1.83 bits per heavy atom. The average molecular weight is 432 g/mol. The summed E-state index contributed by atoms with van der Waals surface area (Å²) in [6.07, 6.45) is 0.108. The molecule has 0 aromatic heterocycles. The van der Waals surface area contributed by atoms with E-state index in [0.29, 0.717) is 22.8 Å². The van der Waals surface area contributed by atoms with Gasteiger partial charge in [-0.1, -0.05) is 6.07 Å². The second-order valence-electron chi connectivity index (χ2n) is 7.15. The summed E-state index contributed by atoms with van der Waals surface area (Å²) in [6.45, 7) is 3.74. The van der Waals surface area contributed by atoms with Crippen LogP contribution in [-0.2, 0) is 19.6 Å². The van der Waals surface area contributed by atoms with Crippen molar-refractivity contribution >= 4 is 38.9 Å². The number of carbonyl (C=O) groups is 2. The lowest BCUT2D eigenvalue weighted by Gasteiger charge is -2.20. The largest absolute Gasteiger partial charge is 0.495 e. The van der Waals surface area contributed by atoms with Crippen LogP contribution in [0.15, 0.2) is 42.5 Å². The molecule has 2 N–H and O–H groups in total. The Morgan fingerprint density at radius 3 is 2.47 bits per heavy atom. The Labute approximate surface area is 176 Å². The second kappa shape index (κ2) is 8.74. The summed E-state index contributed by atoms with van der Waals surface area (Å²) in [7, 11) is -1.81. The number of nitrogens with zero attached hydrogens (tertiary/aromatic N) is 1. The molecular formula is C21H25N3O5S. The molecule has 160 valence electrons. The summed E-state index contributed by atoms with van der Waals surface area (Å²) >= 11 is 0. The average Bonchev–Trinajstić information content (AvgIpc) is 3.11. The molecule has 0 spiro atoms. The quantitative estimate of drug-likeness (QED) is 0.701. The molecule has 8 nitrogen and oxygen atoms in total. The van der Waals surface area contributed by atoms with E-state index in [9.17, 15) is 18.0 Å². The first kappa shape index (κ1) is 21.6. The maximum absolute atomic E-state index is 12.7.